The van der Waals surface area contributed by atoms with Crippen molar-refractivity contribution >= 4 is 39.6 Å². The topological polar surface area (TPSA) is 121 Å². The summed E-state index contributed by atoms with van der Waals surface area (Å²) in [5, 5.41) is 27.4. The van der Waals surface area contributed by atoms with Crippen LogP contribution < -0.4 is 16.2 Å². The van der Waals surface area contributed by atoms with Gasteiger partial charge in [0.2, 0.25) is 11.8 Å². The molecule has 0 saturated heterocycles. The molecule has 4 rings (SSSR count). The summed E-state index contributed by atoms with van der Waals surface area (Å²) in [5.74, 6) is -2.38. The Balaban J connectivity index is 1.62. The highest BCUT2D eigenvalue weighted by Crippen LogP contribution is 2.26. The highest BCUT2D eigenvalue weighted by atomic mass is 32.1. The molecule has 168 valence electrons. The summed E-state index contributed by atoms with van der Waals surface area (Å²) in [4.78, 5) is 38.4. The highest BCUT2D eigenvalue weighted by Gasteiger charge is 2.22. The Morgan fingerprint density at radius 1 is 1.06 bits per heavy atom. The summed E-state index contributed by atoms with van der Waals surface area (Å²) in [6.45, 7) is 0.0292. The normalized spacial score (nSPS) is 10.8. The van der Waals surface area contributed by atoms with Crippen molar-refractivity contribution in [1.29, 1.82) is 0 Å². The molecule has 0 unspecified atom stereocenters. The van der Waals surface area contributed by atoms with Gasteiger partial charge in [0.25, 0.3) is 11.5 Å². The second-order valence-electron chi connectivity index (χ2n) is 7.19. The van der Waals surface area contributed by atoms with E-state index in [4.69, 9.17) is 0 Å². The van der Waals surface area contributed by atoms with Crippen molar-refractivity contribution in [2.45, 2.75) is 13.0 Å². The number of carbonyl (C=O) groups excluding carboxylic acids is 2. The number of carbonyl (C=O) groups is 2. The van der Waals surface area contributed by atoms with Gasteiger partial charge in [-0.3, -0.25) is 14.4 Å². The summed E-state index contributed by atoms with van der Waals surface area (Å²) in [7, 11) is 0. The minimum Gasteiger partial charge on any atom is -0.492 e. The number of hydrogen-bond donors (Lipinski definition) is 4. The van der Waals surface area contributed by atoms with E-state index in [1.807, 2.05) is 17.5 Å². The first-order valence-corrected chi connectivity index (χ1v) is 10.7. The maximum Gasteiger partial charge on any atom is 0.294 e. The lowest BCUT2D eigenvalue weighted by atomic mass is 10.0. The molecule has 2 amide bonds. The Morgan fingerprint density at radius 2 is 1.82 bits per heavy atom. The van der Waals surface area contributed by atoms with E-state index in [1.165, 1.54) is 53.8 Å². The molecule has 0 spiro atoms. The molecule has 0 saturated carbocycles. The van der Waals surface area contributed by atoms with Gasteiger partial charge in [0, 0.05) is 22.5 Å². The fraction of sp³-hybridized carbons (Fsp3) is 0.0870. The molecule has 0 aliphatic carbocycles. The molecule has 4 N–H and O–H groups in total. The van der Waals surface area contributed by atoms with Gasteiger partial charge in [0.15, 0.2) is 0 Å². The Morgan fingerprint density at radius 3 is 2.52 bits per heavy atom. The van der Waals surface area contributed by atoms with Gasteiger partial charge in [-0.1, -0.05) is 24.3 Å². The lowest BCUT2D eigenvalue weighted by Gasteiger charge is -2.13. The van der Waals surface area contributed by atoms with E-state index >= 15 is 0 Å². The predicted molar refractivity (Wildman–Crippen MR) is 121 cm³/mol. The maximum atomic E-state index is 13.1. The predicted octanol–water partition coefficient (Wildman–Crippen LogP) is 3.26. The fourth-order valence-corrected chi connectivity index (χ4v) is 4.03. The van der Waals surface area contributed by atoms with Gasteiger partial charge < -0.3 is 20.9 Å². The number of amides is 2. The molecular weight excluding hydrogens is 449 g/mol. The van der Waals surface area contributed by atoms with Gasteiger partial charge in [-0.05, 0) is 41.3 Å². The van der Waals surface area contributed by atoms with Crippen LogP contribution in [0.2, 0.25) is 0 Å². The van der Waals surface area contributed by atoms with Gasteiger partial charge in [0.05, 0.1) is 11.8 Å². The largest absolute Gasteiger partial charge is 0.492 e. The SMILES string of the molecule is O=C(Cc1cccs1)Nc1ccc2c(C(=O)NCc3ccc(F)cc3)c(O)n(O)c(=O)c2c1. The first-order valence-electron chi connectivity index (χ1n) is 9.79. The van der Waals surface area contributed by atoms with E-state index in [0.29, 0.717) is 11.3 Å². The number of aromatic nitrogens is 1. The zero-order valence-electron chi connectivity index (χ0n) is 17.0. The van der Waals surface area contributed by atoms with Crippen molar-refractivity contribution in [2.24, 2.45) is 0 Å². The lowest BCUT2D eigenvalue weighted by molar-refractivity contribution is -0.115. The van der Waals surface area contributed by atoms with Crippen LogP contribution in [0.5, 0.6) is 5.88 Å². The number of halogens is 1. The van der Waals surface area contributed by atoms with Gasteiger partial charge in [-0.15, -0.1) is 16.1 Å². The zero-order chi connectivity index (χ0) is 23.5. The van der Waals surface area contributed by atoms with Crippen LogP contribution in [0.25, 0.3) is 10.8 Å². The van der Waals surface area contributed by atoms with Crippen LogP contribution >= 0.6 is 11.3 Å². The molecule has 4 aromatic rings. The second-order valence-corrected chi connectivity index (χ2v) is 8.22. The van der Waals surface area contributed by atoms with Crippen LogP contribution in [0.15, 0.2) is 64.8 Å². The molecule has 0 aliphatic rings. The molecule has 2 aromatic heterocycles. The Hall–Kier alpha value is -4.18. The van der Waals surface area contributed by atoms with Crippen LogP contribution in [-0.4, -0.2) is 26.9 Å². The van der Waals surface area contributed by atoms with Crippen LogP contribution in [0, 0.1) is 5.82 Å². The number of hydrogen-bond acceptors (Lipinski definition) is 6. The van der Waals surface area contributed by atoms with Crippen LogP contribution in [-0.2, 0) is 17.8 Å². The van der Waals surface area contributed by atoms with Gasteiger partial charge >= 0.3 is 0 Å². The van der Waals surface area contributed by atoms with Crippen molar-refractivity contribution in [2.75, 3.05) is 5.32 Å². The molecule has 0 radical (unpaired) electrons. The fourth-order valence-electron chi connectivity index (χ4n) is 3.33. The third kappa shape index (κ3) is 4.70. The van der Waals surface area contributed by atoms with Gasteiger partial charge in [0.1, 0.15) is 11.4 Å². The third-order valence-corrected chi connectivity index (χ3v) is 5.80. The minimum absolute atomic E-state index is 0.0214. The molecule has 10 heteroatoms. The standard InChI is InChI=1S/C23H18FN3O5S/c24-14-5-3-13(4-6-14)12-25-21(29)20-17-8-7-15(10-18(17)22(30)27(32)23(20)31)26-19(28)11-16-2-1-9-33-16/h1-10,31-32H,11-12H2,(H,25,29)(H,26,28). The quantitative estimate of drug-likeness (QED) is 0.325. The van der Waals surface area contributed by atoms with Crippen molar-refractivity contribution < 1.29 is 24.3 Å². The minimum atomic E-state index is -0.952. The number of fused-ring (bicyclic) bond motifs is 1. The Bertz CT molecular complexity index is 1400. The lowest BCUT2D eigenvalue weighted by Crippen LogP contribution is -2.27. The third-order valence-electron chi connectivity index (χ3n) is 4.93. The van der Waals surface area contributed by atoms with E-state index in [1.54, 1.807) is 0 Å². The van der Waals surface area contributed by atoms with Crippen molar-refractivity contribution in [3.63, 3.8) is 0 Å². The van der Waals surface area contributed by atoms with E-state index in [2.05, 4.69) is 10.6 Å². The zero-order valence-corrected chi connectivity index (χ0v) is 17.9. The van der Waals surface area contributed by atoms with Crippen molar-refractivity contribution in [3.05, 3.63) is 92.2 Å². The number of anilines is 1. The van der Waals surface area contributed by atoms with Crippen LogP contribution in [0.4, 0.5) is 10.1 Å². The van der Waals surface area contributed by atoms with Gasteiger partial charge in [-0.2, -0.15) is 0 Å². The van der Waals surface area contributed by atoms with Crippen molar-refractivity contribution in [1.82, 2.24) is 10.0 Å². The van der Waals surface area contributed by atoms with Crippen molar-refractivity contribution in [3.8, 4) is 5.88 Å². The van der Waals surface area contributed by atoms with E-state index < -0.39 is 23.2 Å². The first-order chi connectivity index (χ1) is 15.8. The summed E-state index contributed by atoms with van der Waals surface area (Å²) in [6, 6.07) is 13.4. The Kier molecular flexibility index (Phi) is 6.09. The molecular formula is C23H18FN3O5S. The number of aromatic hydroxyl groups is 1. The number of thiophene rings is 1. The van der Waals surface area contributed by atoms with Gasteiger partial charge in [-0.25, -0.2) is 4.39 Å². The summed E-state index contributed by atoms with van der Waals surface area (Å²) in [5.41, 5.74) is -0.358. The van der Waals surface area contributed by atoms with E-state index in [0.717, 1.165) is 4.88 Å². The molecule has 0 fully saturated rings. The first kappa shape index (κ1) is 22.0. The maximum absolute atomic E-state index is 13.1. The number of nitrogens with zero attached hydrogens (tertiary/aromatic N) is 1. The van der Waals surface area contributed by atoms with Crippen LogP contribution in [0.1, 0.15) is 20.8 Å². The monoisotopic (exact) mass is 467 g/mol. The second kappa shape index (κ2) is 9.13. The summed E-state index contributed by atoms with van der Waals surface area (Å²) in [6.07, 6.45) is 0.159. The number of pyridine rings is 1. The summed E-state index contributed by atoms with van der Waals surface area (Å²) < 4.78 is 13.0. The van der Waals surface area contributed by atoms with E-state index in [9.17, 15) is 29.1 Å². The molecule has 0 bridgehead atoms. The highest BCUT2D eigenvalue weighted by molar-refractivity contribution is 7.10. The number of benzene rings is 2. The summed E-state index contributed by atoms with van der Waals surface area (Å²) >= 11 is 1.44. The molecule has 2 aromatic carbocycles. The molecule has 33 heavy (non-hydrogen) atoms. The average molecular weight is 467 g/mol. The molecule has 0 atom stereocenters. The molecule has 0 aliphatic heterocycles. The number of rotatable bonds is 6. The van der Waals surface area contributed by atoms with E-state index in [-0.39, 0.29) is 39.9 Å². The Labute approximate surface area is 190 Å². The molecule has 2 heterocycles. The molecule has 8 nitrogen and oxygen atoms in total. The average Bonchev–Trinajstić information content (AvgIpc) is 3.30. The number of nitrogens with one attached hydrogen (secondary N) is 2. The smallest absolute Gasteiger partial charge is 0.294 e. The van der Waals surface area contributed by atoms with Crippen LogP contribution in [0.3, 0.4) is 0 Å².